The SMILES string of the molecule is COc1cccc(S(=O)(=O)Nc2c(N3CCCC3)c3ccccc3oc2=O)c1. The van der Waals surface area contributed by atoms with E-state index in [9.17, 15) is 13.2 Å². The zero-order valence-corrected chi connectivity index (χ0v) is 16.2. The van der Waals surface area contributed by atoms with Gasteiger partial charge in [-0.1, -0.05) is 18.2 Å². The summed E-state index contributed by atoms with van der Waals surface area (Å²) < 4.78 is 38.9. The summed E-state index contributed by atoms with van der Waals surface area (Å²) >= 11 is 0. The van der Waals surface area contributed by atoms with E-state index in [0.29, 0.717) is 22.4 Å². The molecule has 1 aliphatic heterocycles. The maximum absolute atomic E-state index is 13.0. The second-order valence-corrected chi connectivity index (χ2v) is 8.27. The van der Waals surface area contributed by atoms with Gasteiger partial charge in [-0.2, -0.15) is 0 Å². The van der Waals surface area contributed by atoms with Crippen LogP contribution in [0.15, 0.2) is 62.6 Å². The minimum atomic E-state index is -4.01. The molecule has 1 saturated heterocycles. The topological polar surface area (TPSA) is 88.8 Å². The molecule has 2 aromatic carbocycles. The van der Waals surface area contributed by atoms with Crippen LogP contribution >= 0.6 is 0 Å². The normalized spacial score (nSPS) is 14.4. The lowest BCUT2D eigenvalue weighted by Gasteiger charge is -2.22. The van der Waals surface area contributed by atoms with Crippen molar-refractivity contribution in [1.82, 2.24) is 0 Å². The van der Waals surface area contributed by atoms with Gasteiger partial charge in [-0.3, -0.25) is 4.72 Å². The van der Waals surface area contributed by atoms with Gasteiger partial charge in [-0.15, -0.1) is 0 Å². The quantitative estimate of drug-likeness (QED) is 0.662. The number of rotatable bonds is 5. The van der Waals surface area contributed by atoms with Gasteiger partial charge in [0.2, 0.25) is 0 Å². The maximum Gasteiger partial charge on any atom is 0.363 e. The minimum absolute atomic E-state index is 0.00628. The number of nitrogens with one attached hydrogen (secondary N) is 1. The van der Waals surface area contributed by atoms with E-state index in [-0.39, 0.29) is 10.6 Å². The molecule has 0 atom stereocenters. The van der Waals surface area contributed by atoms with Gasteiger partial charge in [0.1, 0.15) is 11.3 Å². The second kappa shape index (κ2) is 7.20. The number of benzene rings is 2. The van der Waals surface area contributed by atoms with E-state index >= 15 is 0 Å². The highest BCUT2D eigenvalue weighted by Gasteiger charge is 2.26. The third kappa shape index (κ3) is 3.31. The molecule has 4 rings (SSSR count). The van der Waals surface area contributed by atoms with Gasteiger partial charge in [0.05, 0.1) is 17.7 Å². The number of fused-ring (bicyclic) bond motifs is 1. The molecule has 1 aliphatic rings. The fraction of sp³-hybridized carbons (Fsp3) is 0.250. The highest BCUT2D eigenvalue weighted by molar-refractivity contribution is 7.92. The molecule has 0 aliphatic carbocycles. The zero-order valence-electron chi connectivity index (χ0n) is 15.3. The molecule has 1 N–H and O–H groups in total. The molecule has 0 radical (unpaired) electrons. The van der Waals surface area contributed by atoms with Gasteiger partial charge in [-0.05, 0) is 37.1 Å². The molecule has 1 fully saturated rings. The van der Waals surface area contributed by atoms with Crippen LogP contribution < -0.4 is 20.0 Å². The highest BCUT2D eigenvalue weighted by atomic mass is 32.2. The van der Waals surface area contributed by atoms with Crippen molar-refractivity contribution in [3.8, 4) is 5.75 Å². The Kier molecular flexibility index (Phi) is 4.72. The van der Waals surface area contributed by atoms with E-state index in [1.165, 1.54) is 19.2 Å². The molecule has 0 unspecified atom stereocenters. The fourth-order valence-corrected chi connectivity index (χ4v) is 4.55. The zero-order chi connectivity index (χ0) is 19.7. The molecule has 2 heterocycles. The van der Waals surface area contributed by atoms with Crippen molar-refractivity contribution in [2.75, 3.05) is 29.8 Å². The average molecular weight is 400 g/mol. The van der Waals surface area contributed by atoms with Crippen molar-refractivity contribution in [2.45, 2.75) is 17.7 Å². The number of ether oxygens (including phenoxy) is 1. The largest absolute Gasteiger partial charge is 0.497 e. The minimum Gasteiger partial charge on any atom is -0.497 e. The van der Waals surface area contributed by atoms with Crippen LogP contribution in [0.25, 0.3) is 11.0 Å². The van der Waals surface area contributed by atoms with E-state index in [1.54, 1.807) is 24.3 Å². The number of para-hydroxylation sites is 1. The highest BCUT2D eigenvalue weighted by Crippen LogP contribution is 2.35. The second-order valence-electron chi connectivity index (χ2n) is 6.59. The van der Waals surface area contributed by atoms with Gasteiger partial charge >= 0.3 is 5.63 Å². The summed E-state index contributed by atoms with van der Waals surface area (Å²) in [5.41, 5.74) is 0.213. The monoisotopic (exact) mass is 400 g/mol. The molecule has 1 aromatic heterocycles. The van der Waals surface area contributed by atoms with E-state index < -0.39 is 15.6 Å². The molecule has 0 spiro atoms. The number of methoxy groups -OCH3 is 1. The molecule has 0 bridgehead atoms. The predicted molar refractivity (Wildman–Crippen MR) is 108 cm³/mol. The van der Waals surface area contributed by atoms with Crippen LogP contribution in [0.3, 0.4) is 0 Å². The van der Waals surface area contributed by atoms with Crippen LogP contribution in [-0.2, 0) is 10.0 Å². The first-order chi connectivity index (χ1) is 13.5. The summed E-state index contributed by atoms with van der Waals surface area (Å²) in [4.78, 5) is 14.7. The van der Waals surface area contributed by atoms with Gasteiger partial charge in [0.15, 0.2) is 5.69 Å². The van der Waals surface area contributed by atoms with Crippen molar-refractivity contribution in [3.63, 3.8) is 0 Å². The number of sulfonamides is 1. The Morgan fingerprint density at radius 3 is 2.57 bits per heavy atom. The first kappa shape index (κ1) is 18.4. The maximum atomic E-state index is 13.0. The van der Waals surface area contributed by atoms with Gasteiger partial charge < -0.3 is 14.1 Å². The van der Waals surface area contributed by atoms with Crippen molar-refractivity contribution in [2.24, 2.45) is 0 Å². The first-order valence-corrected chi connectivity index (χ1v) is 10.5. The summed E-state index contributed by atoms with van der Waals surface area (Å²) in [7, 11) is -2.54. The summed E-state index contributed by atoms with van der Waals surface area (Å²) in [6, 6.07) is 13.2. The number of nitrogens with zero attached hydrogens (tertiary/aromatic N) is 1. The van der Waals surface area contributed by atoms with Gasteiger partial charge in [0, 0.05) is 24.5 Å². The van der Waals surface area contributed by atoms with Crippen LogP contribution in [-0.4, -0.2) is 28.6 Å². The first-order valence-electron chi connectivity index (χ1n) is 8.97. The van der Waals surface area contributed by atoms with Crippen molar-refractivity contribution >= 4 is 32.4 Å². The molecule has 8 heteroatoms. The molecule has 0 saturated carbocycles. The molecule has 3 aromatic rings. The number of anilines is 2. The Bertz CT molecular complexity index is 1180. The molecular weight excluding hydrogens is 380 g/mol. The lowest BCUT2D eigenvalue weighted by atomic mass is 10.1. The summed E-state index contributed by atoms with van der Waals surface area (Å²) in [6.45, 7) is 1.50. The van der Waals surface area contributed by atoms with Crippen molar-refractivity contribution in [3.05, 3.63) is 59.0 Å². The van der Waals surface area contributed by atoms with Crippen LogP contribution in [0.5, 0.6) is 5.75 Å². The Morgan fingerprint density at radius 2 is 1.82 bits per heavy atom. The van der Waals surface area contributed by atoms with Crippen LogP contribution in [0, 0.1) is 0 Å². The fourth-order valence-electron chi connectivity index (χ4n) is 3.45. The standard InChI is InChI=1S/C20H20N2O5S/c1-26-14-7-6-8-15(13-14)28(24,25)21-18-19(22-11-4-5-12-22)16-9-2-3-10-17(16)27-20(18)23/h2-3,6-10,13,21H,4-5,11-12H2,1H3. The van der Waals surface area contributed by atoms with E-state index in [2.05, 4.69) is 4.72 Å². The number of hydrogen-bond acceptors (Lipinski definition) is 6. The molecular formula is C20H20N2O5S. The summed E-state index contributed by atoms with van der Waals surface area (Å²) in [5.74, 6) is 0.410. The lowest BCUT2D eigenvalue weighted by molar-refractivity contribution is 0.413. The Morgan fingerprint density at radius 1 is 1.07 bits per heavy atom. The van der Waals surface area contributed by atoms with E-state index in [4.69, 9.17) is 9.15 Å². The molecule has 28 heavy (non-hydrogen) atoms. The molecule has 7 nitrogen and oxygen atoms in total. The smallest absolute Gasteiger partial charge is 0.363 e. The Hall–Kier alpha value is -3.00. The third-order valence-electron chi connectivity index (χ3n) is 4.80. The predicted octanol–water partition coefficient (Wildman–Crippen LogP) is 3.20. The van der Waals surface area contributed by atoms with Crippen molar-refractivity contribution in [1.29, 1.82) is 0 Å². The number of hydrogen-bond donors (Lipinski definition) is 1. The van der Waals surface area contributed by atoms with Crippen LogP contribution in [0.1, 0.15) is 12.8 Å². The molecule has 146 valence electrons. The van der Waals surface area contributed by atoms with Crippen molar-refractivity contribution < 1.29 is 17.6 Å². The summed E-state index contributed by atoms with van der Waals surface area (Å²) in [5, 5.41) is 0.701. The Labute approximate surface area is 162 Å². The van der Waals surface area contributed by atoms with Gasteiger partial charge in [-0.25, -0.2) is 13.2 Å². The lowest BCUT2D eigenvalue weighted by Crippen LogP contribution is -2.25. The van der Waals surface area contributed by atoms with E-state index in [0.717, 1.165) is 25.9 Å². The van der Waals surface area contributed by atoms with Gasteiger partial charge in [0.25, 0.3) is 10.0 Å². The van der Waals surface area contributed by atoms with Crippen LogP contribution in [0.2, 0.25) is 0 Å². The Balaban J connectivity index is 1.87. The third-order valence-corrected chi connectivity index (χ3v) is 6.14. The summed E-state index contributed by atoms with van der Waals surface area (Å²) in [6.07, 6.45) is 1.97. The van der Waals surface area contributed by atoms with Crippen LogP contribution in [0.4, 0.5) is 11.4 Å². The molecule has 0 amide bonds. The van der Waals surface area contributed by atoms with E-state index in [1.807, 2.05) is 17.0 Å². The average Bonchev–Trinajstić information content (AvgIpc) is 3.23.